The topological polar surface area (TPSA) is 38.7 Å². The van der Waals surface area contributed by atoms with Gasteiger partial charge in [-0.3, -0.25) is 0 Å². The van der Waals surface area contributed by atoms with Crippen LogP contribution in [0, 0.1) is 0 Å². The molecule has 2 aliphatic rings. The first kappa shape index (κ1) is 7.86. The van der Waals surface area contributed by atoms with Gasteiger partial charge in [-0.25, -0.2) is 0 Å². The van der Waals surface area contributed by atoms with Gasteiger partial charge in [0.25, 0.3) is 0 Å². The molecule has 2 saturated heterocycles. The van der Waals surface area contributed by atoms with E-state index in [1.807, 2.05) is 0 Å². The van der Waals surface area contributed by atoms with Crippen molar-refractivity contribution in [2.24, 2.45) is 0 Å². The fourth-order valence-electron chi connectivity index (χ4n) is 1.66. The van der Waals surface area contributed by atoms with Crippen molar-refractivity contribution in [3.8, 4) is 0 Å². The molecule has 4 atom stereocenters. The average Bonchev–Trinajstić information content (AvgIpc) is 2.47. The number of fused-ring (bicyclic) bond motifs is 2. The maximum absolute atomic E-state index is 9.52. The molecule has 0 radical (unpaired) electrons. The number of thioether (sulfide) groups is 1. The van der Waals surface area contributed by atoms with Gasteiger partial charge < -0.3 is 14.6 Å². The second-order valence-electron chi connectivity index (χ2n) is 2.96. The molecule has 0 aromatic rings. The summed E-state index contributed by atoms with van der Waals surface area (Å²) in [5, 5.41) is 9.77. The van der Waals surface area contributed by atoms with Crippen LogP contribution in [0.2, 0.25) is 0 Å². The standard InChI is InChI=1S/C7H12O3S/c1-9-2-4-7-6(8)5(10-4)3-11-7/h4-8H,2-3H2,1H3/t4-,5-,6-,7-/m1/s1. The smallest absolute Gasteiger partial charge is 0.0958 e. The molecule has 2 bridgehead atoms. The highest BCUT2D eigenvalue weighted by atomic mass is 32.2. The molecule has 2 aliphatic heterocycles. The fraction of sp³-hybridized carbons (Fsp3) is 1.00. The largest absolute Gasteiger partial charge is 0.389 e. The minimum Gasteiger partial charge on any atom is -0.389 e. The first-order chi connectivity index (χ1) is 5.33. The summed E-state index contributed by atoms with van der Waals surface area (Å²) in [7, 11) is 1.66. The van der Waals surface area contributed by atoms with Crippen molar-refractivity contribution in [2.75, 3.05) is 19.5 Å². The van der Waals surface area contributed by atoms with Gasteiger partial charge >= 0.3 is 0 Å². The third kappa shape index (κ3) is 1.18. The van der Waals surface area contributed by atoms with E-state index >= 15 is 0 Å². The minimum absolute atomic E-state index is 0.0603. The van der Waals surface area contributed by atoms with E-state index < -0.39 is 0 Å². The van der Waals surface area contributed by atoms with Crippen molar-refractivity contribution in [3.05, 3.63) is 0 Å². The van der Waals surface area contributed by atoms with E-state index in [9.17, 15) is 5.11 Å². The normalized spacial score (nSPS) is 48.5. The summed E-state index contributed by atoms with van der Waals surface area (Å²) in [5.74, 6) is 0.937. The van der Waals surface area contributed by atoms with Crippen LogP contribution in [0.15, 0.2) is 0 Å². The average molecular weight is 176 g/mol. The lowest BCUT2D eigenvalue weighted by molar-refractivity contribution is -0.00886. The van der Waals surface area contributed by atoms with Crippen molar-refractivity contribution >= 4 is 11.8 Å². The van der Waals surface area contributed by atoms with Gasteiger partial charge in [0.1, 0.15) is 0 Å². The van der Waals surface area contributed by atoms with E-state index in [-0.39, 0.29) is 23.6 Å². The molecule has 4 heteroatoms. The highest BCUT2D eigenvalue weighted by molar-refractivity contribution is 8.00. The van der Waals surface area contributed by atoms with E-state index in [4.69, 9.17) is 9.47 Å². The van der Waals surface area contributed by atoms with Gasteiger partial charge in [0, 0.05) is 12.9 Å². The van der Waals surface area contributed by atoms with Gasteiger partial charge in [-0.15, -0.1) is 0 Å². The Hall–Kier alpha value is 0.230. The first-order valence-electron chi connectivity index (χ1n) is 3.77. The molecule has 0 aliphatic carbocycles. The number of methoxy groups -OCH3 is 1. The number of aliphatic hydroxyl groups is 1. The highest BCUT2D eigenvalue weighted by Gasteiger charge is 2.49. The maximum atomic E-state index is 9.52. The van der Waals surface area contributed by atoms with Gasteiger partial charge in [0.15, 0.2) is 0 Å². The van der Waals surface area contributed by atoms with Gasteiger partial charge in [0.2, 0.25) is 0 Å². The van der Waals surface area contributed by atoms with Crippen molar-refractivity contribution < 1.29 is 14.6 Å². The molecule has 2 rings (SSSR count). The van der Waals surface area contributed by atoms with Crippen molar-refractivity contribution in [3.63, 3.8) is 0 Å². The van der Waals surface area contributed by atoms with Gasteiger partial charge in [-0.1, -0.05) is 0 Å². The molecule has 0 unspecified atom stereocenters. The molecule has 1 N–H and O–H groups in total. The van der Waals surface area contributed by atoms with E-state index in [0.29, 0.717) is 6.61 Å². The molecule has 0 amide bonds. The third-order valence-electron chi connectivity index (χ3n) is 2.22. The maximum Gasteiger partial charge on any atom is 0.0958 e. The Balaban J connectivity index is 1.97. The summed E-state index contributed by atoms with van der Waals surface area (Å²) < 4.78 is 10.5. The summed E-state index contributed by atoms with van der Waals surface area (Å²) in [5.41, 5.74) is 0. The first-order valence-corrected chi connectivity index (χ1v) is 4.82. The lowest BCUT2D eigenvalue weighted by Crippen LogP contribution is -2.28. The molecule has 64 valence electrons. The highest BCUT2D eigenvalue weighted by Crippen LogP contribution is 2.40. The van der Waals surface area contributed by atoms with Crippen LogP contribution in [0.1, 0.15) is 0 Å². The number of ether oxygens (including phenoxy) is 2. The zero-order valence-electron chi connectivity index (χ0n) is 6.40. The number of hydrogen-bond donors (Lipinski definition) is 1. The number of rotatable bonds is 2. The minimum atomic E-state index is -0.264. The molecule has 0 aromatic heterocycles. The molecule has 2 heterocycles. The van der Waals surface area contributed by atoms with Crippen LogP contribution in [0.25, 0.3) is 0 Å². The predicted octanol–water partition coefficient (Wildman–Crippen LogP) is -0.124. The summed E-state index contributed by atoms with van der Waals surface area (Å²) in [6.07, 6.45) is -0.0935. The third-order valence-corrected chi connectivity index (χ3v) is 3.71. The van der Waals surface area contributed by atoms with Gasteiger partial charge in [-0.2, -0.15) is 11.8 Å². The van der Waals surface area contributed by atoms with E-state index in [1.165, 1.54) is 0 Å². The Morgan fingerprint density at radius 2 is 2.55 bits per heavy atom. The van der Waals surface area contributed by atoms with Crippen LogP contribution in [-0.2, 0) is 9.47 Å². The molecule has 2 fully saturated rings. The summed E-state index contributed by atoms with van der Waals surface area (Å²) in [4.78, 5) is 0. The Labute approximate surface area is 70.1 Å². The Kier molecular flexibility index (Phi) is 2.10. The van der Waals surface area contributed by atoms with Crippen molar-refractivity contribution in [1.82, 2.24) is 0 Å². The second kappa shape index (κ2) is 2.94. The molecule has 11 heavy (non-hydrogen) atoms. The monoisotopic (exact) mass is 176 g/mol. The second-order valence-corrected chi connectivity index (χ2v) is 4.17. The van der Waals surface area contributed by atoms with Crippen LogP contribution in [0.3, 0.4) is 0 Å². The Morgan fingerprint density at radius 3 is 3.00 bits per heavy atom. The SMILES string of the molecule is COC[C@H]1O[C@@H]2CS[C@H]1[C@@H]2O. The zero-order valence-corrected chi connectivity index (χ0v) is 7.21. The molecule has 0 saturated carbocycles. The van der Waals surface area contributed by atoms with Crippen LogP contribution < -0.4 is 0 Å². The van der Waals surface area contributed by atoms with Crippen LogP contribution >= 0.6 is 11.8 Å². The molecular weight excluding hydrogens is 164 g/mol. The molecule has 0 aromatic carbocycles. The van der Waals surface area contributed by atoms with E-state index in [0.717, 1.165) is 5.75 Å². The van der Waals surface area contributed by atoms with Crippen LogP contribution in [-0.4, -0.2) is 48.1 Å². The lowest BCUT2D eigenvalue weighted by Gasteiger charge is -2.19. The van der Waals surface area contributed by atoms with Gasteiger partial charge in [0.05, 0.1) is 30.2 Å². The quantitative estimate of drug-likeness (QED) is 0.636. The van der Waals surface area contributed by atoms with Crippen LogP contribution in [0.4, 0.5) is 0 Å². The van der Waals surface area contributed by atoms with Gasteiger partial charge in [-0.05, 0) is 0 Å². The van der Waals surface area contributed by atoms with Crippen LogP contribution in [0.5, 0.6) is 0 Å². The molecular formula is C7H12O3S. The summed E-state index contributed by atoms with van der Waals surface area (Å²) in [6.45, 7) is 0.602. The van der Waals surface area contributed by atoms with E-state index in [1.54, 1.807) is 18.9 Å². The number of hydrogen-bond acceptors (Lipinski definition) is 4. The summed E-state index contributed by atoms with van der Waals surface area (Å²) >= 11 is 1.79. The predicted molar refractivity (Wildman–Crippen MR) is 42.8 cm³/mol. The lowest BCUT2D eigenvalue weighted by atomic mass is 10.1. The zero-order chi connectivity index (χ0) is 7.84. The fourth-order valence-corrected chi connectivity index (χ4v) is 3.08. The molecule has 3 nitrogen and oxygen atoms in total. The molecule has 0 spiro atoms. The number of aliphatic hydroxyl groups excluding tert-OH is 1. The Morgan fingerprint density at radius 1 is 1.73 bits per heavy atom. The van der Waals surface area contributed by atoms with Crippen molar-refractivity contribution in [2.45, 2.75) is 23.6 Å². The summed E-state index contributed by atoms with van der Waals surface area (Å²) in [6, 6.07) is 0. The Bertz CT molecular complexity index is 153. The van der Waals surface area contributed by atoms with E-state index in [2.05, 4.69) is 0 Å². The van der Waals surface area contributed by atoms with Crippen molar-refractivity contribution in [1.29, 1.82) is 0 Å².